The zero-order valence-corrected chi connectivity index (χ0v) is 15.5. The summed E-state index contributed by atoms with van der Waals surface area (Å²) in [6.07, 6.45) is 1.85. The van der Waals surface area contributed by atoms with Gasteiger partial charge in [0.05, 0.1) is 21.5 Å². The average Bonchev–Trinajstić information content (AvgIpc) is 3.26. The van der Waals surface area contributed by atoms with Crippen molar-refractivity contribution in [2.45, 2.75) is 19.4 Å². The fourth-order valence-corrected chi connectivity index (χ4v) is 3.65. The lowest BCUT2D eigenvalue weighted by Gasteiger charge is -2.18. The predicted molar refractivity (Wildman–Crippen MR) is 106 cm³/mol. The van der Waals surface area contributed by atoms with E-state index in [1.807, 2.05) is 0 Å². The SMILES string of the molecule is O=C(Cn1c(=O)n(-c2cccc([N+](=O)[O-])c2)c(=O)c2ccccc21)N1CCCC1. The monoisotopic (exact) mass is 394 g/mol. The van der Waals surface area contributed by atoms with Gasteiger partial charge in [0.1, 0.15) is 6.54 Å². The first kappa shape index (κ1) is 18.6. The number of para-hydroxylation sites is 1. The molecule has 2 aromatic carbocycles. The number of carbonyl (C=O) groups is 1. The molecule has 0 saturated carbocycles. The lowest BCUT2D eigenvalue weighted by Crippen LogP contribution is -2.42. The zero-order valence-electron chi connectivity index (χ0n) is 15.5. The second-order valence-corrected chi connectivity index (χ2v) is 6.89. The molecule has 9 nitrogen and oxygen atoms in total. The Balaban J connectivity index is 1.93. The van der Waals surface area contributed by atoms with Gasteiger partial charge in [-0.2, -0.15) is 0 Å². The number of hydrogen-bond donors (Lipinski definition) is 0. The van der Waals surface area contributed by atoms with Gasteiger partial charge in [0.25, 0.3) is 11.2 Å². The molecule has 1 amide bonds. The number of hydrogen-bond acceptors (Lipinski definition) is 5. The van der Waals surface area contributed by atoms with Gasteiger partial charge in [-0.1, -0.05) is 18.2 Å². The summed E-state index contributed by atoms with van der Waals surface area (Å²) < 4.78 is 2.14. The van der Waals surface area contributed by atoms with E-state index in [9.17, 15) is 24.5 Å². The Morgan fingerprint density at radius 3 is 2.48 bits per heavy atom. The van der Waals surface area contributed by atoms with Gasteiger partial charge in [-0.3, -0.25) is 24.3 Å². The van der Waals surface area contributed by atoms with Crippen molar-refractivity contribution in [3.63, 3.8) is 0 Å². The molecule has 1 fully saturated rings. The number of nitrogens with zero attached hydrogens (tertiary/aromatic N) is 4. The summed E-state index contributed by atoms with van der Waals surface area (Å²) in [7, 11) is 0. The quantitative estimate of drug-likeness (QED) is 0.494. The highest BCUT2D eigenvalue weighted by Crippen LogP contribution is 2.16. The summed E-state index contributed by atoms with van der Waals surface area (Å²) in [5.74, 6) is -0.195. The fourth-order valence-electron chi connectivity index (χ4n) is 3.65. The number of aromatic nitrogens is 2. The van der Waals surface area contributed by atoms with Gasteiger partial charge < -0.3 is 4.90 Å². The van der Waals surface area contributed by atoms with Crippen LogP contribution in [0.2, 0.25) is 0 Å². The van der Waals surface area contributed by atoms with Crippen molar-refractivity contribution in [2.75, 3.05) is 13.1 Å². The van der Waals surface area contributed by atoms with Crippen LogP contribution in [0.3, 0.4) is 0 Å². The van der Waals surface area contributed by atoms with Gasteiger partial charge in [0.15, 0.2) is 0 Å². The number of amides is 1. The van der Waals surface area contributed by atoms with Gasteiger partial charge in [0, 0.05) is 25.2 Å². The molecule has 0 N–H and O–H groups in total. The Labute approximate surface area is 164 Å². The van der Waals surface area contributed by atoms with E-state index in [1.165, 1.54) is 28.8 Å². The fraction of sp³-hybridized carbons (Fsp3) is 0.250. The molecule has 0 atom stereocenters. The summed E-state index contributed by atoms with van der Waals surface area (Å²) in [6.45, 7) is 1.10. The van der Waals surface area contributed by atoms with Gasteiger partial charge in [-0.05, 0) is 31.0 Å². The number of fused-ring (bicyclic) bond motifs is 1. The first-order valence-corrected chi connectivity index (χ1v) is 9.24. The molecule has 29 heavy (non-hydrogen) atoms. The van der Waals surface area contributed by atoms with Crippen molar-refractivity contribution in [3.8, 4) is 5.69 Å². The van der Waals surface area contributed by atoms with Gasteiger partial charge >= 0.3 is 5.69 Å². The zero-order chi connectivity index (χ0) is 20.5. The largest absolute Gasteiger partial charge is 0.341 e. The highest BCUT2D eigenvalue weighted by atomic mass is 16.6. The van der Waals surface area contributed by atoms with E-state index in [4.69, 9.17) is 0 Å². The lowest BCUT2D eigenvalue weighted by atomic mass is 10.2. The number of non-ortho nitro benzene ring substituents is 1. The summed E-state index contributed by atoms with van der Waals surface area (Å²) in [6, 6.07) is 11.9. The molecule has 0 bridgehead atoms. The van der Waals surface area contributed by atoms with Crippen LogP contribution >= 0.6 is 0 Å². The van der Waals surface area contributed by atoms with E-state index in [2.05, 4.69) is 0 Å². The van der Waals surface area contributed by atoms with E-state index < -0.39 is 16.2 Å². The maximum absolute atomic E-state index is 13.2. The van der Waals surface area contributed by atoms with Crippen molar-refractivity contribution in [3.05, 3.63) is 79.5 Å². The minimum Gasteiger partial charge on any atom is -0.341 e. The molecular formula is C20H18N4O5. The van der Waals surface area contributed by atoms with Crippen molar-refractivity contribution in [2.24, 2.45) is 0 Å². The molecule has 0 aliphatic carbocycles. The smallest absolute Gasteiger partial charge is 0.336 e. The standard InChI is InChI=1S/C20H18N4O5/c25-18(21-10-3-4-11-21)13-22-17-9-2-1-8-16(17)19(26)23(20(22)27)14-6-5-7-15(12-14)24(28)29/h1-2,5-9,12H,3-4,10-11,13H2. The van der Waals surface area contributed by atoms with Crippen molar-refractivity contribution in [1.82, 2.24) is 14.0 Å². The van der Waals surface area contributed by atoms with E-state index in [0.717, 1.165) is 17.4 Å². The van der Waals surface area contributed by atoms with E-state index >= 15 is 0 Å². The molecule has 0 radical (unpaired) electrons. The summed E-state index contributed by atoms with van der Waals surface area (Å²) in [4.78, 5) is 51.1. The van der Waals surface area contributed by atoms with Gasteiger partial charge in [0.2, 0.25) is 5.91 Å². The topological polar surface area (TPSA) is 107 Å². The lowest BCUT2D eigenvalue weighted by molar-refractivity contribution is -0.384. The Morgan fingerprint density at radius 1 is 1.03 bits per heavy atom. The number of rotatable bonds is 4. The highest BCUT2D eigenvalue weighted by Gasteiger charge is 2.22. The van der Waals surface area contributed by atoms with Gasteiger partial charge in [-0.25, -0.2) is 9.36 Å². The third-order valence-electron chi connectivity index (χ3n) is 5.10. The molecule has 1 saturated heterocycles. The average molecular weight is 394 g/mol. The van der Waals surface area contributed by atoms with E-state index in [1.54, 1.807) is 29.2 Å². The van der Waals surface area contributed by atoms with Crippen molar-refractivity contribution in [1.29, 1.82) is 0 Å². The minimum atomic E-state index is -0.707. The molecule has 1 aliphatic heterocycles. The molecule has 0 spiro atoms. The summed E-state index contributed by atoms with van der Waals surface area (Å²) >= 11 is 0. The van der Waals surface area contributed by atoms with Crippen LogP contribution in [0.5, 0.6) is 0 Å². The molecular weight excluding hydrogens is 376 g/mol. The predicted octanol–water partition coefficient (Wildman–Crippen LogP) is 1.68. The number of carbonyl (C=O) groups excluding carboxylic acids is 1. The van der Waals surface area contributed by atoms with Crippen LogP contribution < -0.4 is 11.2 Å². The number of nitro groups is 1. The molecule has 4 rings (SSSR count). The third kappa shape index (κ3) is 3.31. The van der Waals surface area contributed by atoms with Crippen LogP contribution in [-0.2, 0) is 11.3 Å². The maximum atomic E-state index is 13.2. The highest BCUT2D eigenvalue weighted by molar-refractivity contribution is 5.82. The van der Waals surface area contributed by atoms with Crippen LogP contribution in [-0.4, -0.2) is 38.0 Å². The van der Waals surface area contributed by atoms with Crippen molar-refractivity contribution >= 4 is 22.5 Å². The van der Waals surface area contributed by atoms with E-state index in [0.29, 0.717) is 18.6 Å². The Bertz CT molecular complexity index is 1240. The number of nitro benzene ring substituents is 1. The third-order valence-corrected chi connectivity index (χ3v) is 5.10. The van der Waals surface area contributed by atoms with Crippen molar-refractivity contribution < 1.29 is 9.72 Å². The maximum Gasteiger partial charge on any atom is 0.336 e. The minimum absolute atomic E-state index is 0.0855. The molecule has 9 heteroatoms. The number of likely N-dealkylation sites (tertiary alicyclic amines) is 1. The molecule has 2 heterocycles. The molecule has 148 valence electrons. The second-order valence-electron chi connectivity index (χ2n) is 6.89. The Kier molecular flexibility index (Phi) is 4.71. The summed E-state index contributed by atoms with van der Waals surface area (Å²) in [5, 5.41) is 11.4. The normalized spacial score (nSPS) is 13.7. The summed E-state index contributed by atoms with van der Waals surface area (Å²) in [5.41, 5.74) is -1.08. The van der Waals surface area contributed by atoms with Crippen LogP contribution in [0.25, 0.3) is 16.6 Å². The second kappa shape index (κ2) is 7.34. The van der Waals surface area contributed by atoms with E-state index in [-0.39, 0.29) is 29.2 Å². The number of benzene rings is 2. The molecule has 0 unspecified atom stereocenters. The van der Waals surface area contributed by atoms with Crippen LogP contribution in [0.15, 0.2) is 58.1 Å². The van der Waals surface area contributed by atoms with Gasteiger partial charge in [-0.15, -0.1) is 0 Å². The molecule has 1 aromatic heterocycles. The van der Waals surface area contributed by atoms with Crippen LogP contribution in [0.1, 0.15) is 12.8 Å². The Morgan fingerprint density at radius 2 is 1.76 bits per heavy atom. The van der Waals surface area contributed by atoms with Crippen LogP contribution in [0.4, 0.5) is 5.69 Å². The molecule has 1 aliphatic rings. The molecule has 3 aromatic rings. The first-order chi connectivity index (χ1) is 14.0. The van der Waals surface area contributed by atoms with Crippen LogP contribution in [0, 0.1) is 10.1 Å². The Hall–Kier alpha value is -3.75. The first-order valence-electron chi connectivity index (χ1n) is 9.24.